The van der Waals surface area contributed by atoms with Gasteiger partial charge in [-0.25, -0.2) is 20.8 Å². The fraction of sp³-hybridized carbons (Fsp3) is 0.381. The first-order valence-corrected chi connectivity index (χ1v) is 10.7. The average Bonchev–Trinajstić information content (AvgIpc) is 3.32. The van der Waals surface area contributed by atoms with E-state index in [0.29, 0.717) is 30.1 Å². The summed E-state index contributed by atoms with van der Waals surface area (Å²) in [6.45, 7) is 6.87. The highest BCUT2D eigenvalue weighted by molar-refractivity contribution is 7.08. The molecule has 29 heavy (non-hydrogen) atoms. The van der Waals surface area contributed by atoms with Gasteiger partial charge in [-0.1, -0.05) is 23.8 Å². The number of fused-ring (bicyclic) bond motifs is 1. The van der Waals surface area contributed by atoms with Crippen LogP contribution in [0.2, 0.25) is 0 Å². The first kappa shape index (κ1) is 19.8. The van der Waals surface area contributed by atoms with E-state index in [-0.39, 0.29) is 12.1 Å². The van der Waals surface area contributed by atoms with Crippen molar-refractivity contribution in [3.8, 4) is 11.4 Å². The molecule has 0 bridgehead atoms. The summed E-state index contributed by atoms with van der Waals surface area (Å²) < 4.78 is 2.05. The molecule has 3 N–H and O–H groups in total. The SMILES string of the molecule is Cc1cscc1-c1nc(N(N)CCC2=CCC(O)C=C2)c2ncn(C(C)C)c2n1. The summed E-state index contributed by atoms with van der Waals surface area (Å²) in [5, 5.41) is 15.4. The Bertz CT molecular complexity index is 1080. The average molecular weight is 411 g/mol. The number of hydrogen-bond donors (Lipinski definition) is 2. The maximum atomic E-state index is 9.60. The number of hydrogen-bond acceptors (Lipinski definition) is 7. The number of allylic oxidation sites excluding steroid dienone is 1. The van der Waals surface area contributed by atoms with Crippen LogP contribution < -0.4 is 10.9 Å². The maximum absolute atomic E-state index is 9.60. The van der Waals surface area contributed by atoms with E-state index in [1.54, 1.807) is 22.7 Å². The lowest BCUT2D eigenvalue weighted by molar-refractivity contribution is 0.225. The molecule has 0 amide bonds. The Morgan fingerprint density at radius 3 is 2.83 bits per heavy atom. The molecule has 1 aliphatic rings. The molecule has 1 unspecified atom stereocenters. The van der Waals surface area contributed by atoms with E-state index in [1.165, 1.54) is 0 Å². The lowest BCUT2D eigenvalue weighted by Gasteiger charge is -2.20. The maximum Gasteiger partial charge on any atom is 0.175 e. The molecule has 152 valence electrons. The Kier molecular flexibility index (Phi) is 5.49. The largest absolute Gasteiger partial charge is 0.389 e. The van der Waals surface area contributed by atoms with Crippen LogP contribution in [0.5, 0.6) is 0 Å². The van der Waals surface area contributed by atoms with Crippen LogP contribution in [0.15, 0.2) is 40.9 Å². The number of nitrogens with two attached hydrogens (primary N) is 1. The molecule has 0 aliphatic heterocycles. The standard InChI is InChI=1S/C21H26N6OS/c1-13(2)26-12-23-18-20(26)24-19(17-11-29-10-14(17)3)25-21(18)27(22)9-8-15-4-6-16(28)7-5-15/h4-6,10-13,16,28H,7-9,22H2,1-3H3. The number of imidazole rings is 1. The number of aryl methyl sites for hydroxylation is 1. The summed E-state index contributed by atoms with van der Waals surface area (Å²) in [5.41, 5.74) is 4.84. The van der Waals surface area contributed by atoms with Crippen molar-refractivity contribution in [3.05, 3.63) is 46.5 Å². The van der Waals surface area contributed by atoms with E-state index in [1.807, 2.05) is 16.7 Å². The van der Waals surface area contributed by atoms with Crippen molar-refractivity contribution in [2.24, 2.45) is 5.84 Å². The molecule has 3 heterocycles. The number of anilines is 1. The van der Waals surface area contributed by atoms with Gasteiger partial charge in [0.05, 0.1) is 12.4 Å². The Morgan fingerprint density at radius 1 is 1.34 bits per heavy atom. The molecule has 0 saturated carbocycles. The highest BCUT2D eigenvalue weighted by Crippen LogP contribution is 2.30. The van der Waals surface area contributed by atoms with E-state index in [9.17, 15) is 5.11 Å². The zero-order chi connectivity index (χ0) is 20.5. The lowest BCUT2D eigenvalue weighted by Crippen LogP contribution is -2.33. The molecule has 3 aromatic heterocycles. The van der Waals surface area contributed by atoms with Crippen LogP contribution >= 0.6 is 11.3 Å². The summed E-state index contributed by atoms with van der Waals surface area (Å²) in [5.74, 6) is 7.75. The van der Waals surface area contributed by atoms with Gasteiger partial charge in [-0.05, 0) is 44.6 Å². The summed E-state index contributed by atoms with van der Waals surface area (Å²) in [7, 11) is 0. The molecule has 1 atom stereocenters. The smallest absolute Gasteiger partial charge is 0.175 e. The van der Waals surface area contributed by atoms with Gasteiger partial charge < -0.3 is 9.67 Å². The van der Waals surface area contributed by atoms with Crippen LogP contribution in [0.1, 0.15) is 38.3 Å². The van der Waals surface area contributed by atoms with Crippen molar-refractivity contribution in [1.29, 1.82) is 0 Å². The number of aliphatic hydroxyl groups is 1. The third kappa shape index (κ3) is 3.96. The van der Waals surface area contributed by atoms with E-state index < -0.39 is 0 Å². The monoisotopic (exact) mass is 410 g/mol. The van der Waals surface area contributed by atoms with Crippen molar-refractivity contribution in [2.75, 3.05) is 11.6 Å². The highest BCUT2D eigenvalue weighted by atomic mass is 32.1. The molecule has 3 aromatic rings. The van der Waals surface area contributed by atoms with E-state index >= 15 is 0 Å². The number of aromatic nitrogens is 4. The van der Waals surface area contributed by atoms with Crippen molar-refractivity contribution in [2.45, 2.75) is 45.8 Å². The van der Waals surface area contributed by atoms with Crippen LogP contribution in [-0.2, 0) is 0 Å². The number of thiophene rings is 1. The number of nitrogens with zero attached hydrogens (tertiary/aromatic N) is 5. The Balaban J connectivity index is 1.70. The van der Waals surface area contributed by atoms with E-state index in [0.717, 1.165) is 28.8 Å². The number of hydrazine groups is 1. The molecule has 8 heteroatoms. The van der Waals surface area contributed by atoms with Gasteiger partial charge in [-0.3, -0.25) is 5.01 Å². The minimum Gasteiger partial charge on any atom is -0.389 e. The Labute approximate surface area is 174 Å². The van der Waals surface area contributed by atoms with Crippen molar-refractivity contribution < 1.29 is 5.11 Å². The second kappa shape index (κ2) is 8.06. The third-order valence-corrected chi connectivity index (χ3v) is 5.98. The van der Waals surface area contributed by atoms with Crippen LogP contribution in [-0.4, -0.2) is 37.3 Å². The minimum atomic E-state index is -0.384. The third-order valence-electron chi connectivity index (χ3n) is 5.12. The fourth-order valence-electron chi connectivity index (χ4n) is 3.38. The van der Waals surface area contributed by atoms with Gasteiger partial charge in [0.2, 0.25) is 0 Å². The molecule has 0 fully saturated rings. The van der Waals surface area contributed by atoms with Crippen LogP contribution in [0.4, 0.5) is 5.82 Å². The molecule has 0 radical (unpaired) electrons. The summed E-state index contributed by atoms with van der Waals surface area (Å²) >= 11 is 1.64. The zero-order valence-electron chi connectivity index (χ0n) is 16.9. The minimum absolute atomic E-state index is 0.231. The van der Waals surface area contributed by atoms with Gasteiger partial charge in [0.25, 0.3) is 0 Å². The second-order valence-corrected chi connectivity index (χ2v) is 8.39. The normalized spacial score (nSPS) is 16.6. The quantitative estimate of drug-likeness (QED) is 0.475. The van der Waals surface area contributed by atoms with Gasteiger partial charge in [0, 0.05) is 23.5 Å². The number of rotatable bonds is 6. The fourth-order valence-corrected chi connectivity index (χ4v) is 4.21. The Morgan fingerprint density at radius 2 is 2.17 bits per heavy atom. The molecule has 4 rings (SSSR count). The van der Waals surface area contributed by atoms with Gasteiger partial charge >= 0.3 is 0 Å². The molecule has 7 nitrogen and oxygen atoms in total. The van der Waals surface area contributed by atoms with E-state index in [4.69, 9.17) is 15.8 Å². The van der Waals surface area contributed by atoms with Gasteiger partial charge in [-0.15, -0.1) is 0 Å². The van der Waals surface area contributed by atoms with Gasteiger partial charge in [0.1, 0.15) is 0 Å². The lowest BCUT2D eigenvalue weighted by atomic mass is 10.0. The van der Waals surface area contributed by atoms with Crippen LogP contribution in [0.25, 0.3) is 22.6 Å². The topological polar surface area (TPSA) is 93.1 Å². The molecular weight excluding hydrogens is 384 g/mol. The highest BCUT2D eigenvalue weighted by Gasteiger charge is 2.20. The van der Waals surface area contributed by atoms with Crippen molar-refractivity contribution in [1.82, 2.24) is 19.5 Å². The van der Waals surface area contributed by atoms with E-state index in [2.05, 4.69) is 42.6 Å². The molecule has 0 spiro atoms. The van der Waals surface area contributed by atoms with Crippen molar-refractivity contribution in [3.63, 3.8) is 0 Å². The van der Waals surface area contributed by atoms with Crippen molar-refractivity contribution >= 4 is 28.3 Å². The molecule has 1 aliphatic carbocycles. The molecule has 0 aromatic carbocycles. The van der Waals surface area contributed by atoms with Crippen LogP contribution in [0, 0.1) is 6.92 Å². The second-order valence-electron chi connectivity index (χ2n) is 7.64. The first-order chi connectivity index (χ1) is 13.9. The predicted octanol–water partition coefficient (Wildman–Crippen LogP) is 3.76. The Hall–Kier alpha value is -2.55. The predicted molar refractivity (Wildman–Crippen MR) is 118 cm³/mol. The molecular formula is C21H26N6OS. The zero-order valence-corrected chi connectivity index (χ0v) is 17.7. The first-order valence-electron chi connectivity index (χ1n) is 9.79. The summed E-state index contributed by atoms with van der Waals surface area (Å²) in [6.07, 6.45) is 8.68. The molecule has 0 saturated heterocycles. The van der Waals surface area contributed by atoms with Gasteiger partial charge in [0.15, 0.2) is 22.8 Å². The number of aliphatic hydroxyl groups excluding tert-OH is 1. The summed E-state index contributed by atoms with van der Waals surface area (Å²) in [4.78, 5) is 14.2. The van der Waals surface area contributed by atoms with Gasteiger partial charge in [-0.2, -0.15) is 11.3 Å². The summed E-state index contributed by atoms with van der Waals surface area (Å²) in [6, 6.07) is 0.231. The van der Waals surface area contributed by atoms with Crippen LogP contribution in [0.3, 0.4) is 0 Å².